The van der Waals surface area contributed by atoms with E-state index in [4.69, 9.17) is 12.2 Å². The van der Waals surface area contributed by atoms with Gasteiger partial charge in [0.15, 0.2) is 16.4 Å². The molecule has 0 saturated carbocycles. The van der Waals surface area contributed by atoms with Gasteiger partial charge in [-0.15, -0.1) is 0 Å². The lowest BCUT2D eigenvalue weighted by atomic mass is 10.1. The summed E-state index contributed by atoms with van der Waals surface area (Å²) >= 11 is 5.24. The van der Waals surface area contributed by atoms with E-state index < -0.39 is 11.6 Å². The Bertz CT molecular complexity index is 849. The van der Waals surface area contributed by atoms with Gasteiger partial charge in [0.2, 0.25) is 0 Å². The third-order valence-corrected chi connectivity index (χ3v) is 3.60. The fraction of sp³-hybridized carbons (Fsp3) is 0.133. The summed E-state index contributed by atoms with van der Waals surface area (Å²) < 4.78 is 29.4. The standard InChI is InChI=1S/C15H12F2N2S/c1-2-9-4-3-5-10(8-9)19-14-12(18-15(19)20)7-6-11(16)13(14)17/h3-8H,2H2,1H3,(H,18,20). The van der Waals surface area contributed by atoms with Gasteiger partial charge >= 0.3 is 0 Å². The topological polar surface area (TPSA) is 20.7 Å². The highest BCUT2D eigenvalue weighted by atomic mass is 32.1. The normalized spacial score (nSPS) is 11.2. The summed E-state index contributed by atoms with van der Waals surface area (Å²) in [5.41, 5.74) is 2.46. The van der Waals surface area contributed by atoms with Crippen molar-refractivity contribution in [3.63, 3.8) is 0 Å². The molecule has 0 fully saturated rings. The van der Waals surface area contributed by atoms with Gasteiger partial charge in [-0.1, -0.05) is 19.1 Å². The molecular formula is C15H12F2N2S. The van der Waals surface area contributed by atoms with Crippen molar-refractivity contribution < 1.29 is 8.78 Å². The molecule has 0 amide bonds. The number of imidazole rings is 1. The first-order valence-electron chi connectivity index (χ1n) is 6.30. The quantitative estimate of drug-likeness (QED) is 0.688. The van der Waals surface area contributed by atoms with Crippen LogP contribution in [-0.2, 0) is 6.42 Å². The molecule has 1 N–H and O–H groups in total. The Morgan fingerprint density at radius 1 is 1.20 bits per heavy atom. The molecule has 0 spiro atoms. The molecule has 1 heterocycles. The van der Waals surface area contributed by atoms with Crippen LogP contribution >= 0.6 is 12.2 Å². The monoisotopic (exact) mass is 290 g/mol. The minimum atomic E-state index is -0.892. The number of halogens is 2. The number of aromatic amines is 1. The Morgan fingerprint density at radius 3 is 2.75 bits per heavy atom. The summed E-state index contributed by atoms with van der Waals surface area (Å²) in [6.07, 6.45) is 0.861. The van der Waals surface area contributed by atoms with Gasteiger partial charge < -0.3 is 4.98 Å². The van der Waals surface area contributed by atoms with Crippen LogP contribution in [0.4, 0.5) is 8.78 Å². The van der Waals surface area contributed by atoms with Crippen LogP contribution in [0, 0.1) is 16.4 Å². The van der Waals surface area contributed by atoms with Gasteiger partial charge in [-0.2, -0.15) is 0 Å². The first kappa shape index (κ1) is 13.0. The molecule has 0 aliphatic heterocycles. The van der Waals surface area contributed by atoms with Crippen LogP contribution in [0.1, 0.15) is 12.5 Å². The minimum Gasteiger partial charge on any atom is -0.330 e. The lowest BCUT2D eigenvalue weighted by Gasteiger charge is -2.07. The second-order valence-corrected chi connectivity index (χ2v) is 4.93. The van der Waals surface area contributed by atoms with Gasteiger partial charge in [0.1, 0.15) is 5.52 Å². The van der Waals surface area contributed by atoms with Crippen LogP contribution in [-0.4, -0.2) is 9.55 Å². The van der Waals surface area contributed by atoms with Crippen LogP contribution in [0.3, 0.4) is 0 Å². The van der Waals surface area contributed by atoms with Crippen molar-refractivity contribution in [2.45, 2.75) is 13.3 Å². The Labute approximate surface area is 119 Å². The van der Waals surface area contributed by atoms with Crippen molar-refractivity contribution in [1.82, 2.24) is 9.55 Å². The maximum atomic E-state index is 14.1. The number of hydrogen-bond donors (Lipinski definition) is 1. The zero-order valence-electron chi connectivity index (χ0n) is 10.8. The fourth-order valence-corrected chi connectivity index (χ4v) is 2.60. The average Bonchev–Trinajstić information content (AvgIpc) is 2.80. The number of benzene rings is 2. The van der Waals surface area contributed by atoms with E-state index in [0.717, 1.165) is 23.7 Å². The molecule has 2 aromatic carbocycles. The number of aryl methyl sites for hydroxylation is 1. The number of rotatable bonds is 2. The second kappa shape index (κ2) is 4.83. The third-order valence-electron chi connectivity index (χ3n) is 3.31. The lowest BCUT2D eigenvalue weighted by Crippen LogP contribution is -1.98. The Morgan fingerprint density at radius 2 is 2.00 bits per heavy atom. The van der Waals surface area contributed by atoms with Crippen molar-refractivity contribution >= 4 is 23.3 Å². The largest absolute Gasteiger partial charge is 0.330 e. The van der Waals surface area contributed by atoms with Crippen LogP contribution in [0.15, 0.2) is 36.4 Å². The number of aromatic nitrogens is 2. The summed E-state index contributed by atoms with van der Waals surface area (Å²) in [7, 11) is 0. The Kier molecular flexibility index (Phi) is 3.14. The molecule has 0 unspecified atom stereocenters. The number of H-pyrrole nitrogens is 1. The first-order valence-corrected chi connectivity index (χ1v) is 6.70. The van der Waals surface area contributed by atoms with Crippen molar-refractivity contribution in [2.24, 2.45) is 0 Å². The van der Waals surface area contributed by atoms with Crippen molar-refractivity contribution in [3.8, 4) is 5.69 Å². The second-order valence-electron chi connectivity index (χ2n) is 4.55. The van der Waals surface area contributed by atoms with Crippen molar-refractivity contribution in [3.05, 3.63) is 58.4 Å². The Hall–Kier alpha value is -2.01. The molecule has 0 atom stereocenters. The predicted octanol–water partition coefficient (Wildman–Crippen LogP) is 4.53. The molecular weight excluding hydrogens is 278 g/mol. The van der Waals surface area contributed by atoms with Gasteiger partial charge in [0.05, 0.1) is 5.52 Å². The molecule has 3 aromatic rings. The van der Waals surface area contributed by atoms with E-state index in [1.165, 1.54) is 10.6 Å². The highest BCUT2D eigenvalue weighted by Gasteiger charge is 2.14. The predicted molar refractivity (Wildman–Crippen MR) is 77.8 cm³/mol. The van der Waals surface area contributed by atoms with E-state index >= 15 is 0 Å². The minimum absolute atomic E-state index is 0.142. The van der Waals surface area contributed by atoms with Crippen molar-refractivity contribution in [1.29, 1.82) is 0 Å². The van der Waals surface area contributed by atoms with Crippen LogP contribution in [0.25, 0.3) is 16.7 Å². The average molecular weight is 290 g/mol. The molecule has 20 heavy (non-hydrogen) atoms. The molecule has 3 rings (SSSR count). The molecule has 0 aliphatic rings. The summed E-state index contributed by atoms with van der Waals surface area (Å²) in [4.78, 5) is 2.90. The van der Waals surface area contributed by atoms with Gasteiger partial charge in [0, 0.05) is 5.69 Å². The van der Waals surface area contributed by atoms with Gasteiger partial charge in [-0.3, -0.25) is 4.57 Å². The van der Waals surface area contributed by atoms with E-state index in [-0.39, 0.29) is 5.52 Å². The molecule has 0 bridgehead atoms. The van der Waals surface area contributed by atoms with Gasteiger partial charge in [0.25, 0.3) is 0 Å². The number of nitrogens with zero attached hydrogens (tertiary/aromatic N) is 1. The molecule has 2 nitrogen and oxygen atoms in total. The summed E-state index contributed by atoms with van der Waals surface area (Å²) in [6.45, 7) is 2.04. The number of hydrogen-bond acceptors (Lipinski definition) is 1. The van der Waals surface area contributed by atoms with Crippen LogP contribution < -0.4 is 0 Å². The lowest BCUT2D eigenvalue weighted by molar-refractivity contribution is 0.514. The zero-order valence-corrected chi connectivity index (χ0v) is 11.6. The summed E-state index contributed by atoms with van der Waals surface area (Å²) in [6, 6.07) is 10.2. The maximum Gasteiger partial charge on any atom is 0.184 e. The van der Waals surface area contributed by atoms with E-state index in [1.54, 1.807) is 0 Å². The third kappa shape index (κ3) is 1.94. The van der Waals surface area contributed by atoms with E-state index in [1.807, 2.05) is 31.2 Å². The van der Waals surface area contributed by atoms with E-state index in [0.29, 0.717) is 10.3 Å². The van der Waals surface area contributed by atoms with Gasteiger partial charge in [-0.05, 0) is 48.5 Å². The SMILES string of the molecule is CCc1cccc(-n2c(=S)[nH]c3ccc(F)c(F)c32)c1. The highest BCUT2D eigenvalue weighted by molar-refractivity contribution is 7.71. The summed E-state index contributed by atoms with van der Waals surface area (Å²) in [5, 5.41) is 0. The Balaban J connectivity index is 2.38. The molecule has 0 aliphatic carbocycles. The number of fused-ring (bicyclic) bond motifs is 1. The molecule has 0 radical (unpaired) electrons. The fourth-order valence-electron chi connectivity index (χ4n) is 2.29. The molecule has 5 heteroatoms. The molecule has 102 valence electrons. The number of nitrogens with one attached hydrogen (secondary N) is 1. The first-order chi connectivity index (χ1) is 9.61. The molecule has 1 aromatic heterocycles. The van der Waals surface area contributed by atoms with E-state index in [9.17, 15) is 8.78 Å². The van der Waals surface area contributed by atoms with Gasteiger partial charge in [-0.25, -0.2) is 8.78 Å². The molecule has 0 saturated heterocycles. The highest BCUT2D eigenvalue weighted by Crippen LogP contribution is 2.24. The van der Waals surface area contributed by atoms with E-state index in [2.05, 4.69) is 4.98 Å². The van der Waals surface area contributed by atoms with Crippen molar-refractivity contribution in [2.75, 3.05) is 0 Å². The van der Waals surface area contributed by atoms with Crippen LogP contribution in [0.5, 0.6) is 0 Å². The summed E-state index contributed by atoms with van der Waals surface area (Å²) in [5.74, 6) is -1.77. The smallest absolute Gasteiger partial charge is 0.184 e. The zero-order chi connectivity index (χ0) is 14.3. The van der Waals surface area contributed by atoms with Crippen LogP contribution in [0.2, 0.25) is 0 Å². The maximum absolute atomic E-state index is 14.1.